The van der Waals surface area contributed by atoms with Gasteiger partial charge in [0.05, 0.1) is 16.5 Å². The van der Waals surface area contributed by atoms with Crippen molar-refractivity contribution in [1.29, 1.82) is 0 Å². The van der Waals surface area contributed by atoms with E-state index in [0.29, 0.717) is 18.7 Å². The minimum atomic E-state index is -0.133. The molecule has 4 heterocycles. The van der Waals surface area contributed by atoms with Crippen LogP contribution in [0.5, 0.6) is 0 Å². The Hall–Kier alpha value is -2.80. The topological polar surface area (TPSA) is 68.1 Å². The Morgan fingerprint density at radius 1 is 1.19 bits per heavy atom. The van der Waals surface area contributed by atoms with Gasteiger partial charge in [0.2, 0.25) is 0 Å². The molecule has 0 N–H and O–H groups in total. The highest BCUT2D eigenvalue weighted by Crippen LogP contribution is 2.24. The molecule has 1 aliphatic heterocycles. The summed E-state index contributed by atoms with van der Waals surface area (Å²) in [6.07, 6.45) is 4.90. The number of nitrogens with zero attached hydrogens (tertiary/aromatic N) is 4. The minimum Gasteiger partial charge on any atom is -0.336 e. The number of thiophene rings is 1. The van der Waals surface area contributed by atoms with Crippen LogP contribution in [-0.4, -0.2) is 38.7 Å². The van der Waals surface area contributed by atoms with Gasteiger partial charge in [-0.05, 0) is 42.5 Å². The molecule has 0 spiro atoms. The summed E-state index contributed by atoms with van der Waals surface area (Å²) in [6, 6.07) is 10.7. The maximum Gasteiger partial charge on any atom is 0.267 e. The van der Waals surface area contributed by atoms with Gasteiger partial charge in [-0.25, -0.2) is 4.68 Å². The molecule has 1 atom stereocenters. The second-order valence-corrected chi connectivity index (χ2v) is 7.22. The van der Waals surface area contributed by atoms with E-state index in [1.807, 2.05) is 17.5 Å². The van der Waals surface area contributed by atoms with Crippen molar-refractivity contribution < 1.29 is 4.79 Å². The number of likely N-dealkylation sites (tertiary alicyclic amines) is 1. The van der Waals surface area contributed by atoms with Crippen LogP contribution in [0.25, 0.3) is 10.6 Å². The number of aromatic nitrogens is 3. The number of hydrogen-bond acceptors (Lipinski definition) is 5. The fourth-order valence-corrected chi connectivity index (χ4v) is 3.94. The van der Waals surface area contributed by atoms with E-state index in [1.54, 1.807) is 52.9 Å². The number of amides is 1. The third-order valence-electron chi connectivity index (χ3n) is 4.54. The fourth-order valence-electron chi connectivity index (χ4n) is 3.25. The molecular formula is C19H18N4O2S. The van der Waals surface area contributed by atoms with Gasteiger partial charge in [-0.2, -0.15) is 5.10 Å². The Balaban J connectivity index is 1.59. The first-order valence-electron chi connectivity index (χ1n) is 8.55. The first-order valence-corrected chi connectivity index (χ1v) is 9.43. The van der Waals surface area contributed by atoms with Gasteiger partial charge in [-0.15, -0.1) is 11.3 Å². The van der Waals surface area contributed by atoms with Crippen LogP contribution in [0.1, 0.15) is 29.2 Å². The molecule has 4 rings (SSSR count). The first-order chi connectivity index (χ1) is 12.7. The van der Waals surface area contributed by atoms with E-state index < -0.39 is 0 Å². The summed E-state index contributed by atoms with van der Waals surface area (Å²) in [5.74, 6) is -0.0507. The largest absolute Gasteiger partial charge is 0.336 e. The highest BCUT2D eigenvalue weighted by atomic mass is 32.1. The van der Waals surface area contributed by atoms with Crippen molar-refractivity contribution >= 4 is 17.2 Å². The van der Waals surface area contributed by atoms with Crippen LogP contribution in [0.2, 0.25) is 0 Å². The highest BCUT2D eigenvalue weighted by molar-refractivity contribution is 7.13. The first kappa shape index (κ1) is 16.7. The summed E-state index contributed by atoms with van der Waals surface area (Å²) >= 11 is 1.59. The molecule has 3 aromatic heterocycles. The summed E-state index contributed by atoms with van der Waals surface area (Å²) in [6.45, 7) is 1.16. The maximum atomic E-state index is 12.7. The van der Waals surface area contributed by atoms with Gasteiger partial charge in [-0.3, -0.25) is 14.6 Å². The molecule has 0 radical (unpaired) electrons. The summed E-state index contributed by atoms with van der Waals surface area (Å²) in [5.41, 5.74) is 1.22. The number of carbonyl (C=O) groups is 1. The van der Waals surface area contributed by atoms with Gasteiger partial charge >= 0.3 is 0 Å². The highest BCUT2D eigenvalue weighted by Gasteiger charge is 2.27. The van der Waals surface area contributed by atoms with Crippen LogP contribution in [-0.2, 0) is 0 Å². The number of rotatable bonds is 3. The molecule has 6 nitrogen and oxygen atoms in total. The standard InChI is InChI=1S/C19H18N4O2S/c24-18-8-7-16(17-6-3-11-26-17)21-23(18)15-5-2-10-22(13-15)19(25)14-4-1-9-20-12-14/h1,3-4,6-9,11-12,15H,2,5,10,13H2/t15-/m1/s1. The van der Waals surface area contributed by atoms with Crippen LogP contribution in [0.15, 0.2) is 59.0 Å². The van der Waals surface area contributed by atoms with Crippen molar-refractivity contribution in [2.24, 2.45) is 0 Å². The normalized spacial score (nSPS) is 17.2. The van der Waals surface area contributed by atoms with Crippen molar-refractivity contribution in [2.45, 2.75) is 18.9 Å². The Labute approximate surface area is 154 Å². The summed E-state index contributed by atoms with van der Waals surface area (Å²) in [5, 5.41) is 6.56. The molecule has 3 aromatic rings. The molecular weight excluding hydrogens is 348 g/mol. The van der Waals surface area contributed by atoms with E-state index in [0.717, 1.165) is 23.4 Å². The minimum absolute atomic E-state index is 0.0507. The van der Waals surface area contributed by atoms with Gasteiger partial charge in [0, 0.05) is 31.5 Å². The van der Waals surface area contributed by atoms with Gasteiger partial charge in [0.15, 0.2) is 0 Å². The Bertz CT molecular complexity index is 953. The lowest BCUT2D eigenvalue weighted by Gasteiger charge is -2.33. The third-order valence-corrected chi connectivity index (χ3v) is 5.43. The Morgan fingerprint density at radius 3 is 2.88 bits per heavy atom. The van der Waals surface area contributed by atoms with Crippen molar-refractivity contribution in [2.75, 3.05) is 13.1 Å². The number of hydrogen-bond donors (Lipinski definition) is 0. The van der Waals surface area contributed by atoms with Gasteiger partial charge < -0.3 is 4.90 Å². The molecule has 0 saturated carbocycles. The fraction of sp³-hybridized carbons (Fsp3) is 0.263. The molecule has 0 unspecified atom stereocenters. The Morgan fingerprint density at radius 2 is 2.12 bits per heavy atom. The smallest absolute Gasteiger partial charge is 0.267 e. The van der Waals surface area contributed by atoms with E-state index >= 15 is 0 Å². The van der Waals surface area contributed by atoms with Crippen LogP contribution in [0.4, 0.5) is 0 Å². The quantitative estimate of drug-likeness (QED) is 0.715. The lowest BCUT2D eigenvalue weighted by atomic mass is 10.0. The van der Waals surface area contributed by atoms with Gasteiger partial charge in [-0.1, -0.05) is 6.07 Å². The van der Waals surface area contributed by atoms with E-state index in [1.165, 1.54) is 4.68 Å². The van der Waals surface area contributed by atoms with Crippen molar-refractivity contribution in [3.63, 3.8) is 0 Å². The third kappa shape index (κ3) is 3.30. The van der Waals surface area contributed by atoms with Crippen molar-refractivity contribution in [1.82, 2.24) is 19.7 Å². The lowest BCUT2D eigenvalue weighted by molar-refractivity contribution is 0.0669. The van der Waals surface area contributed by atoms with Crippen LogP contribution >= 0.6 is 11.3 Å². The van der Waals surface area contributed by atoms with E-state index in [4.69, 9.17) is 0 Å². The number of carbonyl (C=O) groups excluding carboxylic acids is 1. The molecule has 0 aromatic carbocycles. The molecule has 0 aliphatic carbocycles. The average molecular weight is 366 g/mol. The molecule has 1 fully saturated rings. The molecule has 1 aliphatic rings. The summed E-state index contributed by atoms with van der Waals surface area (Å²) < 4.78 is 1.54. The SMILES string of the molecule is O=C(c1cccnc1)N1CCC[C@@H](n2nc(-c3cccs3)ccc2=O)C1. The molecule has 132 valence electrons. The summed E-state index contributed by atoms with van der Waals surface area (Å²) in [4.78, 5) is 31.9. The van der Waals surface area contributed by atoms with Crippen LogP contribution < -0.4 is 5.56 Å². The number of pyridine rings is 1. The zero-order chi connectivity index (χ0) is 17.9. The second-order valence-electron chi connectivity index (χ2n) is 6.27. The predicted octanol–water partition coefficient (Wildman–Crippen LogP) is 2.84. The van der Waals surface area contributed by atoms with Crippen LogP contribution in [0, 0.1) is 0 Å². The average Bonchev–Trinajstić information content (AvgIpc) is 3.23. The molecule has 26 heavy (non-hydrogen) atoms. The predicted molar refractivity (Wildman–Crippen MR) is 100 cm³/mol. The number of piperidine rings is 1. The zero-order valence-corrected chi connectivity index (χ0v) is 14.9. The van der Waals surface area contributed by atoms with E-state index in [2.05, 4.69) is 10.1 Å². The monoisotopic (exact) mass is 366 g/mol. The summed E-state index contributed by atoms with van der Waals surface area (Å²) in [7, 11) is 0. The van der Waals surface area contributed by atoms with Crippen molar-refractivity contribution in [3.05, 3.63) is 70.1 Å². The van der Waals surface area contributed by atoms with E-state index in [9.17, 15) is 9.59 Å². The molecule has 1 amide bonds. The Kier molecular flexibility index (Phi) is 4.62. The lowest BCUT2D eigenvalue weighted by Crippen LogP contribution is -2.43. The van der Waals surface area contributed by atoms with E-state index in [-0.39, 0.29) is 17.5 Å². The molecule has 7 heteroatoms. The second kappa shape index (κ2) is 7.21. The molecule has 1 saturated heterocycles. The maximum absolute atomic E-state index is 12.7. The van der Waals surface area contributed by atoms with Crippen molar-refractivity contribution in [3.8, 4) is 10.6 Å². The van der Waals surface area contributed by atoms with Crippen LogP contribution in [0.3, 0.4) is 0 Å². The molecule has 0 bridgehead atoms. The zero-order valence-electron chi connectivity index (χ0n) is 14.1. The van der Waals surface area contributed by atoms with Gasteiger partial charge in [0.25, 0.3) is 11.5 Å². The van der Waals surface area contributed by atoms with Gasteiger partial charge in [0.1, 0.15) is 5.69 Å².